The fourth-order valence-corrected chi connectivity index (χ4v) is 2.82. The van der Waals surface area contributed by atoms with Gasteiger partial charge < -0.3 is 16.0 Å². The van der Waals surface area contributed by atoms with Gasteiger partial charge in [-0.05, 0) is 49.9 Å². The smallest absolute Gasteiger partial charge is 0.385 e. The molecule has 0 bridgehead atoms. The Morgan fingerprint density at radius 1 is 1.36 bits per heavy atom. The van der Waals surface area contributed by atoms with Crippen LogP contribution in [0.15, 0.2) is 24.3 Å². The first-order chi connectivity index (χ1) is 11.8. The van der Waals surface area contributed by atoms with Gasteiger partial charge in [-0.3, -0.25) is 4.79 Å². The molecule has 8 heteroatoms. The van der Waals surface area contributed by atoms with Crippen molar-refractivity contribution in [3.63, 3.8) is 0 Å². The van der Waals surface area contributed by atoms with Gasteiger partial charge in [0.2, 0.25) is 5.91 Å². The first-order valence-corrected chi connectivity index (χ1v) is 8.19. The van der Waals surface area contributed by atoms with Gasteiger partial charge in [0.1, 0.15) is 6.04 Å². The minimum absolute atomic E-state index is 0.250. The fraction of sp³-hybridized carbons (Fsp3) is 0.529. The van der Waals surface area contributed by atoms with E-state index in [4.69, 9.17) is 11.0 Å². The van der Waals surface area contributed by atoms with E-state index in [0.29, 0.717) is 31.6 Å². The predicted molar refractivity (Wildman–Crippen MR) is 87.5 cm³/mol. The summed E-state index contributed by atoms with van der Waals surface area (Å²) in [6, 6.07) is 5.65. The molecule has 0 radical (unpaired) electrons. The van der Waals surface area contributed by atoms with E-state index in [0.717, 1.165) is 25.0 Å². The Balaban J connectivity index is 1.82. The first-order valence-electron chi connectivity index (χ1n) is 8.19. The van der Waals surface area contributed by atoms with Crippen LogP contribution >= 0.6 is 0 Å². The van der Waals surface area contributed by atoms with Crippen LogP contribution in [0.4, 0.5) is 18.9 Å². The molecule has 1 aromatic carbocycles. The van der Waals surface area contributed by atoms with Crippen molar-refractivity contribution >= 4 is 11.6 Å². The van der Waals surface area contributed by atoms with Crippen LogP contribution in [0.2, 0.25) is 0 Å². The van der Waals surface area contributed by atoms with Crippen LogP contribution in [0.25, 0.3) is 0 Å². The van der Waals surface area contributed by atoms with Crippen LogP contribution in [0.5, 0.6) is 0 Å². The maximum atomic E-state index is 12.5. The zero-order valence-corrected chi connectivity index (χ0v) is 13.7. The zero-order valence-electron chi connectivity index (χ0n) is 13.7. The molecule has 0 saturated carbocycles. The number of nitrogens with one attached hydrogen (secondary N) is 1. The number of halogens is 3. The standard InChI is InChI=1S/C17H21F3N4O/c18-17(19,20)12-4-6-13(7-5-12)23-9-8-15(22)16(25)24-10-2-1-3-14(24)11-21/h4-7,14-15,23H,1-3,8-10,22H2. The van der Waals surface area contributed by atoms with E-state index < -0.39 is 23.8 Å². The van der Waals surface area contributed by atoms with Gasteiger partial charge in [0, 0.05) is 18.8 Å². The second-order valence-electron chi connectivity index (χ2n) is 6.07. The van der Waals surface area contributed by atoms with Gasteiger partial charge in [-0.15, -0.1) is 0 Å². The number of amides is 1. The monoisotopic (exact) mass is 354 g/mol. The minimum atomic E-state index is -4.36. The van der Waals surface area contributed by atoms with Gasteiger partial charge in [-0.2, -0.15) is 18.4 Å². The zero-order chi connectivity index (χ0) is 18.4. The van der Waals surface area contributed by atoms with Crippen molar-refractivity contribution < 1.29 is 18.0 Å². The summed E-state index contributed by atoms with van der Waals surface area (Å²) in [6.07, 6.45) is -1.58. The van der Waals surface area contributed by atoms with Crippen molar-refractivity contribution in [3.8, 4) is 6.07 Å². The molecule has 0 spiro atoms. The third-order valence-electron chi connectivity index (χ3n) is 4.25. The Kier molecular flexibility index (Phi) is 6.26. The number of alkyl halides is 3. The highest BCUT2D eigenvalue weighted by Crippen LogP contribution is 2.29. The molecule has 1 fully saturated rings. The average Bonchev–Trinajstić information content (AvgIpc) is 2.60. The number of rotatable bonds is 5. The quantitative estimate of drug-likeness (QED) is 0.852. The van der Waals surface area contributed by atoms with Crippen LogP contribution in [0, 0.1) is 11.3 Å². The van der Waals surface area contributed by atoms with E-state index in [1.807, 2.05) is 0 Å². The van der Waals surface area contributed by atoms with Crippen molar-refractivity contribution in [1.82, 2.24) is 4.90 Å². The van der Waals surface area contributed by atoms with Gasteiger partial charge in [-0.25, -0.2) is 0 Å². The summed E-state index contributed by atoms with van der Waals surface area (Å²) in [5.74, 6) is -0.250. The number of carbonyl (C=O) groups is 1. The number of nitrogens with two attached hydrogens (primary N) is 1. The Hall–Kier alpha value is -2.27. The van der Waals surface area contributed by atoms with Crippen molar-refractivity contribution in [3.05, 3.63) is 29.8 Å². The highest BCUT2D eigenvalue weighted by atomic mass is 19.4. The van der Waals surface area contributed by atoms with Crippen LogP contribution in [-0.2, 0) is 11.0 Å². The number of nitriles is 1. The van der Waals surface area contributed by atoms with E-state index in [1.54, 1.807) is 0 Å². The normalized spacial score (nSPS) is 19.2. The maximum Gasteiger partial charge on any atom is 0.416 e. The topological polar surface area (TPSA) is 82.2 Å². The summed E-state index contributed by atoms with van der Waals surface area (Å²) in [4.78, 5) is 13.9. The van der Waals surface area contributed by atoms with Gasteiger partial charge in [0.05, 0.1) is 17.7 Å². The minimum Gasteiger partial charge on any atom is -0.385 e. The molecule has 1 saturated heterocycles. The second kappa shape index (κ2) is 8.21. The Morgan fingerprint density at radius 3 is 2.64 bits per heavy atom. The molecule has 2 atom stereocenters. The summed E-state index contributed by atoms with van der Waals surface area (Å²) in [6.45, 7) is 0.889. The summed E-state index contributed by atoms with van der Waals surface area (Å²) in [7, 11) is 0. The summed E-state index contributed by atoms with van der Waals surface area (Å²) in [5.41, 5.74) is 5.74. The number of hydrogen-bond acceptors (Lipinski definition) is 4. The lowest BCUT2D eigenvalue weighted by molar-refractivity contribution is -0.137. The summed E-state index contributed by atoms with van der Waals surface area (Å²) < 4.78 is 37.5. The molecule has 1 aliphatic heterocycles. The molecule has 5 nitrogen and oxygen atoms in total. The molecular weight excluding hydrogens is 333 g/mol. The lowest BCUT2D eigenvalue weighted by Crippen LogP contribution is -2.50. The van der Waals surface area contributed by atoms with Crippen LogP contribution in [0.3, 0.4) is 0 Å². The molecule has 1 heterocycles. The van der Waals surface area contributed by atoms with Crippen molar-refractivity contribution in [1.29, 1.82) is 5.26 Å². The highest BCUT2D eigenvalue weighted by molar-refractivity contribution is 5.82. The molecule has 3 N–H and O–H groups in total. The van der Waals surface area contributed by atoms with E-state index >= 15 is 0 Å². The van der Waals surface area contributed by atoms with Gasteiger partial charge in [0.15, 0.2) is 0 Å². The fourth-order valence-electron chi connectivity index (χ4n) is 2.82. The lowest BCUT2D eigenvalue weighted by Gasteiger charge is -2.33. The molecule has 25 heavy (non-hydrogen) atoms. The maximum absolute atomic E-state index is 12.5. The van der Waals surface area contributed by atoms with E-state index in [-0.39, 0.29) is 5.91 Å². The number of likely N-dealkylation sites (tertiary alicyclic amines) is 1. The van der Waals surface area contributed by atoms with Crippen molar-refractivity contribution in [2.24, 2.45) is 5.73 Å². The van der Waals surface area contributed by atoms with Crippen molar-refractivity contribution in [2.75, 3.05) is 18.4 Å². The SMILES string of the molecule is N#CC1CCCCN1C(=O)C(N)CCNc1ccc(C(F)(F)F)cc1. The van der Waals surface area contributed by atoms with Gasteiger partial charge in [0.25, 0.3) is 0 Å². The Bertz CT molecular complexity index is 624. The lowest BCUT2D eigenvalue weighted by atomic mass is 10.0. The highest BCUT2D eigenvalue weighted by Gasteiger charge is 2.30. The van der Waals surface area contributed by atoms with E-state index in [2.05, 4.69) is 11.4 Å². The van der Waals surface area contributed by atoms with Crippen LogP contribution in [0.1, 0.15) is 31.2 Å². The third-order valence-corrected chi connectivity index (χ3v) is 4.25. The predicted octanol–water partition coefficient (Wildman–Crippen LogP) is 2.74. The number of piperidine rings is 1. The van der Waals surface area contributed by atoms with Crippen LogP contribution < -0.4 is 11.1 Å². The molecule has 0 aromatic heterocycles. The molecule has 1 amide bonds. The first kappa shape index (κ1) is 19.1. The van der Waals surface area contributed by atoms with E-state index in [9.17, 15) is 18.0 Å². The van der Waals surface area contributed by atoms with Gasteiger partial charge >= 0.3 is 6.18 Å². The largest absolute Gasteiger partial charge is 0.416 e. The Labute approximate surface area is 144 Å². The van der Waals surface area contributed by atoms with Crippen LogP contribution in [-0.4, -0.2) is 36.0 Å². The number of anilines is 1. The molecular formula is C17H21F3N4O. The number of nitrogens with zero attached hydrogens (tertiary/aromatic N) is 2. The molecule has 136 valence electrons. The third kappa shape index (κ3) is 5.10. The summed E-state index contributed by atoms with van der Waals surface area (Å²) in [5, 5.41) is 12.1. The number of hydrogen-bond donors (Lipinski definition) is 2. The molecule has 2 unspecified atom stereocenters. The van der Waals surface area contributed by atoms with E-state index in [1.165, 1.54) is 17.0 Å². The molecule has 0 aliphatic carbocycles. The summed E-state index contributed by atoms with van der Waals surface area (Å²) >= 11 is 0. The Morgan fingerprint density at radius 2 is 2.04 bits per heavy atom. The molecule has 2 rings (SSSR count). The van der Waals surface area contributed by atoms with Crippen molar-refractivity contribution in [2.45, 2.75) is 43.9 Å². The second-order valence-corrected chi connectivity index (χ2v) is 6.07. The van der Waals surface area contributed by atoms with Gasteiger partial charge in [-0.1, -0.05) is 0 Å². The molecule has 1 aromatic rings. The number of carbonyl (C=O) groups excluding carboxylic acids is 1. The molecule has 1 aliphatic rings. The number of benzene rings is 1. The average molecular weight is 354 g/mol.